The van der Waals surface area contributed by atoms with Crippen LogP contribution in [0.1, 0.15) is 0 Å². The number of benzene rings is 14. The molecular weight excluding hydrogens is 1250 g/mol. The van der Waals surface area contributed by atoms with Crippen LogP contribution in [0.15, 0.2) is 336 Å². The SMILES string of the molecule is c1ccc(-c2nc(-c3ccc4c(c3)oc3ccccc34)nc(-n3c4ccccc4c4ccc5c6ccccc6n(-c6ccccc6)c5c43)n2)cc1.c1ccc(-c2nc(-c3cccc4c3oc3ccccc34)nc(-n3c4ccccc4c4ccc5c6ccccc6n(-c6ccccc6)c5c43)n2)cc1. The van der Waals surface area contributed by atoms with Crippen LogP contribution in [0.25, 0.3) is 200 Å². The van der Waals surface area contributed by atoms with Gasteiger partial charge in [0.25, 0.3) is 0 Å². The van der Waals surface area contributed by atoms with E-state index in [2.05, 4.69) is 231 Å². The molecular formula is C90H54N10O2. The number of nitrogens with zero attached hydrogens (tertiary/aromatic N) is 10. The van der Waals surface area contributed by atoms with E-state index in [9.17, 15) is 0 Å². The molecule has 476 valence electrons. The van der Waals surface area contributed by atoms with Crippen LogP contribution in [-0.2, 0) is 0 Å². The highest BCUT2D eigenvalue weighted by atomic mass is 16.3. The largest absolute Gasteiger partial charge is 0.456 e. The van der Waals surface area contributed by atoms with Gasteiger partial charge in [-0.2, -0.15) is 19.9 Å². The molecule has 0 amide bonds. The normalized spacial score (nSPS) is 11.9. The summed E-state index contributed by atoms with van der Waals surface area (Å²) in [5.41, 5.74) is 17.5. The van der Waals surface area contributed by atoms with Gasteiger partial charge in [0.05, 0.1) is 49.7 Å². The Morgan fingerprint density at radius 1 is 0.206 bits per heavy atom. The molecule has 12 heteroatoms. The lowest BCUT2D eigenvalue weighted by molar-refractivity contribution is 0.669. The van der Waals surface area contributed by atoms with Crippen LogP contribution in [0.4, 0.5) is 0 Å². The van der Waals surface area contributed by atoms with Gasteiger partial charge in [-0.3, -0.25) is 9.13 Å². The molecule has 0 N–H and O–H groups in total. The van der Waals surface area contributed by atoms with E-state index in [4.69, 9.17) is 38.7 Å². The van der Waals surface area contributed by atoms with Crippen molar-refractivity contribution in [1.82, 2.24) is 48.2 Å². The van der Waals surface area contributed by atoms with E-state index >= 15 is 0 Å². The van der Waals surface area contributed by atoms with Crippen molar-refractivity contribution in [3.05, 3.63) is 328 Å². The van der Waals surface area contributed by atoms with E-state index in [-0.39, 0.29) is 0 Å². The Balaban J connectivity index is 0.000000133. The van der Waals surface area contributed by atoms with Crippen LogP contribution < -0.4 is 0 Å². The Bertz CT molecular complexity index is 7130. The number of furan rings is 2. The van der Waals surface area contributed by atoms with Crippen molar-refractivity contribution >= 4 is 131 Å². The summed E-state index contributed by atoms with van der Waals surface area (Å²) in [6.45, 7) is 0. The monoisotopic (exact) mass is 1310 g/mol. The van der Waals surface area contributed by atoms with Crippen LogP contribution in [0, 0.1) is 0 Å². The summed E-state index contributed by atoms with van der Waals surface area (Å²) >= 11 is 0. The van der Waals surface area contributed by atoms with Gasteiger partial charge in [-0.05, 0) is 78.9 Å². The molecule has 14 aromatic carbocycles. The quantitative estimate of drug-likeness (QED) is 0.147. The minimum Gasteiger partial charge on any atom is -0.456 e. The van der Waals surface area contributed by atoms with Crippen LogP contribution in [0.3, 0.4) is 0 Å². The van der Waals surface area contributed by atoms with Gasteiger partial charge in [-0.25, -0.2) is 9.97 Å². The molecule has 0 unspecified atom stereocenters. The van der Waals surface area contributed by atoms with E-state index < -0.39 is 0 Å². The Morgan fingerprint density at radius 3 is 1.02 bits per heavy atom. The van der Waals surface area contributed by atoms with Crippen molar-refractivity contribution < 1.29 is 8.83 Å². The second-order valence-corrected chi connectivity index (χ2v) is 25.7. The average molecular weight is 1310 g/mol. The molecule has 22 rings (SSSR count). The van der Waals surface area contributed by atoms with Crippen molar-refractivity contribution in [2.24, 2.45) is 0 Å². The summed E-state index contributed by atoms with van der Waals surface area (Å²) < 4.78 is 22.0. The highest BCUT2D eigenvalue weighted by molar-refractivity contribution is 6.25. The van der Waals surface area contributed by atoms with Crippen molar-refractivity contribution in [1.29, 1.82) is 0 Å². The second kappa shape index (κ2) is 22.7. The minimum absolute atomic E-state index is 0.538. The van der Waals surface area contributed by atoms with E-state index in [0.717, 1.165) is 149 Å². The summed E-state index contributed by atoms with van der Waals surface area (Å²) in [4.78, 5) is 31.3. The van der Waals surface area contributed by atoms with Gasteiger partial charge in [0.15, 0.2) is 23.3 Å². The topological polar surface area (TPSA) is 123 Å². The fourth-order valence-corrected chi connectivity index (χ4v) is 15.5. The molecule has 0 fully saturated rings. The maximum atomic E-state index is 6.50. The summed E-state index contributed by atoms with van der Waals surface area (Å²) in [6.07, 6.45) is 0. The number of fused-ring (bicyclic) bond motifs is 20. The predicted octanol–water partition coefficient (Wildman–Crippen LogP) is 22.6. The third kappa shape index (κ3) is 8.82. The van der Waals surface area contributed by atoms with E-state index in [1.54, 1.807) is 0 Å². The number of hydrogen-bond donors (Lipinski definition) is 0. The molecule has 0 aliphatic carbocycles. The van der Waals surface area contributed by atoms with E-state index in [0.29, 0.717) is 35.2 Å². The molecule has 0 aliphatic rings. The zero-order valence-corrected chi connectivity index (χ0v) is 54.5. The molecule has 0 radical (unpaired) electrons. The predicted molar refractivity (Wildman–Crippen MR) is 413 cm³/mol. The first-order valence-corrected chi connectivity index (χ1v) is 34.1. The lowest BCUT2D eigenvalue weighted by atomic mass is 10.1. The number of para-hydroxylation sites is 9. The van der Waals surface area contributed by atoms with Gasteiger partial charge in [0, 0.05) is 92.7 Å². The summed E-state index contributed by atoms with van der Waals surface area (Å²) in [7, 11) is 0. The van der Waals surface area contributed by atoms with Crippen LogP contribution >= 0.6 is 0 Å². The van der Waals surface area contributed by atoms with Crippen molar-refractivity contribution in [3.63, 3.8) is 0 Å². The molecule has 8 heterocycles. The highest BCUT2D eigenvalue weighted by Gasteiger charge is 2.27. The molecule has 102 heavy (non-hydrogen) atoms. The summed E-state index contributed by atoms with van der Waals surface area (Å²) in [6, 6.07) is 113. The maximum Gasteiger partial charge on any atom is 0.238 e. The van der Waals surface area contributed by atoms with Crippen molar-refractivity contribution in [3.8, 4) is 68.8 Å². The molecule has 0 aliphatic heterocycles. The van der Waals surface area contributed by atoms with Crippen molar-refractivity contribution in [2.45, 2.75) is 0 Å². The van der Waals surface area contributed by atoms with Gasteiger partial charge in [-0.1, -0.05) is 249 Å². The van der Waals surface area contributed by atoms with Gasteiger partial charge >= 0.3 is 0 Å². The fraction of sp³-hybridized carbons (Fsp3) is 0. The van der Waals surface area contributed by atoms with Crippen LogP contribution in [0.2, 0.25) is 0 Å². The number of rotatable bonds is 8. The first-order valence-electron chi connectivity index (χ1n) is 34.1. The molecule has 0 bridgehead atoms. The van der Waals surface area contributed by atoms with Gasteiger partial charge in [0.2, 0.25) is 11.9 Å². The molecule has 8 aromatic heterocycles. The first kappa shape index (κ1) is 57.0. The molecule has 22 aromatic rings. The molecule has 0 saturated carbocycles. The first-order chi connectivity index (χ1) is 50.6. The summed E-state index contributed by atoms with van der Waals surface area (Å²) in [5, 5.41) is 13.5. The molecule has 0 saturated heterocycles. The zero-order valence-electron chi connectivity index (χ0n) is 54.5. The zero-order chi connectivity index (χ0) is 66.9. The number of hydrogen-bond acceptors (Lipinski definition) is 8. The van der Waals surface area contributed by atoms with E-state index in [1.165, 1.54) is 16.2 Å². The third-order valence-electron chi connectivity index (χ3n) is 20.0. The fourth-order valence-electron chi connectivity index (χ4n) is 15.5. The van der Waals surface area contributed by atoms with Gasteiger partial charge < -0.3 is 18.0 Å². The van der Waals surface area contributed by atoms with Crippen LogP contribution in [-0.4, -0.2) is 48.2 Å². The molecule has 0 spiro atoms. The smallest absolute Gasteiger partial charge is 0.238 e. The van der Waals surface area contributed by atoms with Gasteiger partial charge in [-0.15, -0.1) is 0 Å². The lowest BCUT2D eigenvalue weighted by Crippen LogP contribution is -2.07. The van der Waals surface area contributed by atoms with Crippen molar-refractivity contribution in [2.75, 3.05) is 0 Å². The Kier molecular flexibility index (Phi) is 12.7. The Hall–Kier alpha value is -14.1. The van der Waals surface area contributed by atoms with Crippen LogP contribution in [0.5, 0.6) is 0 Å². The Labute approximate surface area is 581 Å². The standard InChI is InChI=1S/2C45H27N5O/c1-3-14-28(15-4-1)43-46-44(36-22-13-21-35-32-20-9-12-25-39(32)51-42(35)36)48-45(47-43)50-38-24-11-8-19-31(38)34-27-26-33-30-18-7-10-23-37(30)49(40(33)41(34)50)29-16-5-2-6-17-29;1-3-13-28(14-4-1)43-46-44(29-23-24-34-33-19-9-12-22-39(33)51-40(34)27-29)48-45(47-43)50-38-21-11-8-18-32(38)36-26-25-35-31-17-7-10-20-37(31)49(41(35)42(36)50)30-15-5-2-6-16-30/h2*1-27H. The summed E-state index contributed by atoms with van der Waals surface area (Å²) in [5.74, 6) is 3.39. The highest BCUT2D eigenvalue weighted by Crippen LogP contribution is 2.45. The second-order valence-electron chi connectivity index (χ2n) is 25.7. The minimum atomic E-state index is 0.538. The van der Waals surface area contributed by atoms with E-state index in [1.807, 2.05) is 115 Å². The lowest BCUT2D eigenvalue weighted by Gasteiger charge is -2.13. The molecule has 12 nitrogen and oxygen atoms in total. The third-order valence-corrected chi connectivity index (χ3v) is 20.0. The molecule has 0 atom stereocenters. The number of aromatic nitrogens is 10. The Morgan fingerprint density at radius 2 is 0.539 bits per heavy atom. The average Bonchev–Trinajstić information content (AvgIpc) is 1.55. The maximum absolute atomic E-state index is 6.50. The van der Waals surface area contributed by atoms with Gasteiger partial charge in [0.1, 0.15) is 22.3 Å².